The summed E-state index contributed by atoms with van der Waals surface area (Å²) in [5.41, 5.74) is 4.77. The summed E-state index contributed by atoms with van der Waals surface area (Å²) < 4.78 is 5.86. The highest BCUT2D eigenvalue weighted by atomic mass is 16.5. The summed E-state index contributed by atoms with van der Waals surface area (Å²) in [6.07, 6.45) is 5.70. The van der Waals surface area contributed by atoms with Gasteiger partial charge in [-0.2, -0.15) is 0 Å². The molecular formula is C16H22N4O. The molecule has 21 heavy (non-hydrogen) atoms. The fourth-order valence-electron chi connectivity index (χ4n) is 2.14. The molecule has 0 aliphatic carbocycles. The zero-order valence-corrected chi connectivity index (χ0v) is 12.6. The van der Waals surface area contributed by atoms with Crippen molar-refractivity contribution in [3.05, 3.63) is 41.7 Å². The van der Waals surface area contributed by atoms with Gasteiger partial charge in [-0.05, 0) is 37.0 Å². The lowest BCUT2D eigenvalue weighted by Crippen LogP contribution is -2.12. The number of hydrogen-bond donors (Lipinski definition) is 2. The van der Waals surface area contributed by atoms with E-state index in [2.05, 4.69) is 34.5 Å². The van der Waals surface area contributed by atoms with Crippen LogP contribution in [0.2, 0.25) is 0 Å². The lowest BCUT2D eigenvalue weighted by molar-refractivity contribution is 0.455. The Balaban J connectivity index is 2.14. The van der Waals surface area contributed by atoms with Crippen molar-refractivity contribution in [1.29, 1.82) is 0 Å². The van der Waals surface area contributed by atoms with Crippen LogP contribution < -0.4 is 16.0 Å². The standard InChI is InChI=1S/C16H22N4O/c1-3-5-6-12-7-9-13(10-8-12)21-16-14(4-2)15(20-17)18-11-19-16/h7-11H,3-6,17H2,1-2H3,(H,18,19,20). The number of nitrogen functional groups attached to an aromatic ring is 1. The molecule has 0 saturated carbocycles. The van der Waals surface area contributed by atoms with Gasteiger partial charge >= 0.3 is 0 Å². The number of benzene rings is 1. The third-order valence-electron chi connectivity index (χ3n) is 3.35. The topological polar surface area (TPSA) is 73.1 Å². The summed E-state index contributed by atoms with van der Waals surface area (Å²) in [5, 5.41) is 0. The number of hydrazine groups is 1. The molecule has 0 saturated heterocycles. The van der Waals surface area contributed by atoms with E-state index < -0.39 is 0 Å². The number of rotatable bonds is 7. The van der Waals surface area contributed by atoms with E-state index in [0.717, 1.165) is 24.2 Å². The Labute approximate surface area is 125 Å². The van der Waals surface area contributed by atoms with E-state index in [1.165, 1.54) is 24.7 Å². The van der Waals surface area contributed by atoms with E-state index >= 15 is 0 Å². The second-order valence-corrected chi connectivity index (χ2v) is 4.85. The number of aromatic nitrogens is 2. The van der Waals surface area contributed by atoms with Crippen molar-refractivity contribution in [1.82, 2.24) is 9.97 Å². The van der Waals surface area contributed by atoms with Crippen LogP contribution in [-0.2, 0) is 12.8 Å². The van der Waals surface area contributed by atoms with Gasteiger partial charge in [-0.15, -0.1) is 0 Å². The first-order valence-electron chi connectivity index (χ1n) is 7.35. The maximum Gasteiger partial charge on any atom is 0.227 e. The third kappa shape index (κ3) is 3.92. The number of ether oxygens (including phenoxy) is 1. The average molecular weight is 286 g/mol. The van der Waals surface area contributed by atoms with Crippen LogP contribution in [0.15, 0.2) is 30.6 Å². The summed E-state index contributed by atoms with van der Waals surface area (Å²) in [4.78, 5) is 8.29. The number of hydrogen-bond acceptors (Lipinski definition) is 5. The largest absolute Gasteiger partial charge is 0.439 e. The van der Waals surface area contributed by atoms with Crippen LogP contribution in [0.3, 0.4) is 0 Å². The van der Waals surface area contributed by atoms with Crippen LogP contribution >= 0.6 is 0 Å². The maximum atomic E-state index is 5.86. The zero-order valence-electron chi connectivity index (χ0n) is 12.6. The molecule has 0 amide bonds. The van der Waals surface area contributed by atoms with Crippen molar-refractivity contribution in [3.63, 3.8) is 0 Å². The van der Waals surface area contributed by atoms with E-state index in [1.54, 1.807) is 0 Å². The van der Waals surface area contributed by atoms with Crippen LogP contribution in [0.25, 0.3) is 0 Å². The lowest BCUT2D eigenvalue weighted by atomic mass is 10.1. The first-order valence-corrected chi connectivity index (χ1v) is 7.35. The minimum Gasteiger partial charge on any atom is -0.439 e. The van der Waals surface area contributed by atoms with Gasteiger partial charge in [0.25, 0.3) is 0 Å². The number of unbranched alkanes of at least 4 members (excludes halogenated alkanes) is 1. The second-order valence-electron chi connectivity index (χ2n) is 4.85. The minimum absolute atomic E-state index is 0.543. The smallest absolute Gasteiger partial charge is 0.227 e. The first kappa shape index (κ1) is 15.3. The predicted molar refractivity (Wildman–Crippen MR) is 84.3 cm³/mol. The highest BCUT2D eigenvalue weighted by Crippen LogP contribution is 2.27. The molecule has 1 heterocycles. The molecule has 2 aromatic rings. The summed E-state index contributed by atoms with van der Waals surface area (Å²) in [7, 11) is 0. The van der Waals surface area contributed by atoms with Gasteiger partial charge in [0.05, 0.1) is 5.56 Å². The Bertz CT molecular complexity index is 569. The van der Waals surface area contributed by atoms with Crippen molar-refractivity contribution in [3.8, 4) is 11.6 Å². The summed E-state index contributed by atoms with van der Waals surface area (Å²) in [6, 6.07) is 8.14. The third-order valence-corrected chi connectivity index (χ3v) is 3.35. The molecule has 0 aliphatic heterocycles. The number of nitrogens with two attached hydrogens (primary N) is 1. The Morgan fingerprint density at radius 3 is 2.52 bits per heavy atom. The van der Waals surface area contributed by atoms with Crippen molar-refractivity contribution in [2.24, 2.45) is 5.84 Å². The van der Waals surface area contributed by atoms with Gasteiger partial charge in [-0.1, -0.05) is 32.4 Å². The number of nitrogens with zero attached hydrogens (tertiary/aromatic N) is 2. The van der Waals surface area contributed by atoms with Crippen molar-refractivity contribution >= 4 is 5.82 Å². The van der Waals surface area contributed by atoms with Gasteiger partial charge in [-0.25, -0.2) is 15.8 Å². The molecule has 5 nitrogen and oxygen atoms in total. The molecule has 0 fully saturated rings. The van der Waals surface area contributed by atoms with Gasteiger partial charge in [0.2, 0.25) is 5.88 Å². The molecule has 0 radical (unpaired) electrons. The molecule has 0 spiro atoms. The SMILES string of the molecule is CCCCc1ccc(Oc2ncnc(NN)c2CC)cc1. The van der Waals surface area contributed by atoms with Crippen LogP contribution in [0.1, 0.15) is 37.8 Å². The lowest BCUT2D eigenvalue weighted by Gasteiger charge is -2.12. The monoisotopic (exact) mass is 286 g/mol. The van der Waals surface area contributed by atoms with Gasteiger partial charge in [0.15, 0.2) is 0 Å². The van der Waals surface area contributed by atoms with E-state index in [0.29, 0.717) is 11.7 Å². The predicted octanol–water partition coefficient (Wildman–Crippen LogP) is 3.46. The maximum absolute atomic E-state index is 5.86. The Kier molecular flexibility index (Phi) is 5.51. The number of aryl methyl sites for hydroxylation is 1. The molecule has 2 rings (SSSR count). The average Bonchev–Trinajstić information content (AvgIpc) is 2.54. The fraction of sp³-hybridized carbons (Fsp3) is 0.375. The highest BCUT2D eigenvalue weighted by molar-refractivity contribution is 5.48. The summed E-state index contributed by atoms with van der Waals surface area (Å²) >= 11 is 0. The quantitative estimate of drug-likeness (QED) is 0.602. The van der Waals surface area contributed by atoms with Crippen molar-refractivity contribution < 1.29 is 4.74 Å². The van der Waals surface area contributed by atoms with E-state index in [9.17, 15) is 0 Å². The Hall–Kier alpha value is -2.14. The first-order chi connectivity index (χ1) is 10.3. The van der Waals surface area contributed by atoms with Crippen molar-refractivity contribution in [2.45, 2.75) is 39.5 Å². The van der Waals surface area contributed by atoms with Crippen LogP contribution in [0.5, 0.6) is 11.6 Å². The molecule has 0 atom stereocenters. The summed E-state index contributed by atoms with van der Waals surface area (Å²) in [5.74, 6) is 7.37. The normalized spacial score (nSPS) is 10.4. The van der Waals surface area contributed by atoms with E-state index in [-0.39, 0.29) is 0 Å². The molecule has 0 unspecified atom stereocenters. The van der Waals surface area contributed by atoms with Gasteiger partial charge in [0.1, 0.15) is 17.9 Å². The van der Waals surface area contributed by atoms with E-state index in [4.69, 9.17) is 10.6 Å². The number of anilines is 1. The molecule has 0 aliphatic rings. The van der Waals surface area contributed by atoms with Crippen LogP contribution in [-0.4, -0.2) is 9.97 Å². The molecule has 1 aromatic heterocycles. The highest BCUT2D eigenvalue weighted by Gasteiger charge is 2.11. The molecule has 3 N–H and O–H groups in total. The zero-order chi connectivity index (χ0) is 15.1. The Morgan fingerprint density at radius 2 is 1.90 bits per heavy atom. The molecular weight excluding hydrogens is 264 g/mol. The molecule has 1 aromatic carbocycles. The fourth-order valence-corrected chi connectivity index (χ4v) is 2.14. The second kappa shape index (κ2) is 7.59. The van der Waals surface area contributed by atoms with Gasteiger partial charge in [-0.3, -0.25) is 0 Å². The molecule has 0 bridgehead atoms. The molecule has 112 valence electrons. The number of nitrogens with one attached hydrogen (secondary N) is 1. The van der Waals surface area contributed by atoms with Crippen LogP contribution in [0.4, 0.5) is 5.82 Å². The van der Waals surface area contributed by atoms with E-state index in [1.807, 2.05) is 19.1 Å². The van der Waals surface area contributed by atoms with Gasteiger partial charge in [0, 0.05) is 0 Å². The Morgan fingerprint density at radius 1 is 1.14 bits per heavy atom. The minimum atomic E-state index is 0.543. The van der Waals surface area contributed by atoms with Crippen LogP contribution in [0, 0.1) is 0 Å². The molecule has 5 heteroatoms. The van der Waals surface area contributed by atoms with Crippen molar-refractivity contribution in [2.75, 3.05) is 5.43 Å². The summed E-state index contributed by atoms with van der Waals surface area (Å²) in [6.45, 7) is 4.21. The van der Waals surface area contributed by atoms with Gasteiger partial charge < -0.3 is 10.2 Å².